The minimum absolute atomic E-state index is 0.0638. The number of carbonyl (C=O) groups is 2. The fourth-order valence-electron chi connectivity index (χ4n) is 4.76. The number of nitrogens with one attached hydrogen (secondary N) is 1. The van der Waals surface area contributed by atoms with Crippen molar-refractivity contribution in [3.05, 3.63) is 65.0 Å². The van der Waals surface area contributed by atoms with Crippen molar-refractivity contribution in [3.8, 4) is 6.07 Å². The molecule has 208 valence electrons. The summed E-state index contributed by atoms with van der Waals surface area (Å²) in [5.41, 5.74) is -1.17. The van der Waals surface area contributed by atoms with Gasteiger partial charge in [0.15, 0.2) is 0 Å². The number of carbonyl (C=O) groups excluding carboxylic acids is 2. The molecule has 2 amide bonds. The van der Waals surface area contributed by atoms with E-state index in [-0.39, 0.29) is 48.0 Å². The van der Waals surface area contributed by atoms with Gasteiger partial charge in [-0.1, -0.05) is 19.1 Å². The number of hydrogen-bond donors (Lipinski definition) is 1. The van der Waals surface area contributed by atoms with Gasteiger partial charge in [0.1, 0.15) is 11.9 Å². The zero-order chi connectivity index (χ0) is 28.5. The van der Waals surface area contributed by atoms with Crippen molar-refractivity contribution in [2.24, 2.45) is 5.92 Å². The Morgan fingerprint density at radius 3 is 2.51 bits per heavy atom. The Hall–Kier alpha value is -3.50. The molecule has 4 rings (SSSR count). The molecule has 2 aliphatic rings. The molecule has 39 heavy (non-hydrogen) atoms. The molecular formula is C26H26F4N4O4S. The van der Waals surface area contributed by atoms with Crippen LogP contribution in [0.25, 0.3) is 0 Å². The van der Waals surface area contributed by atoms with E-state index in [4.69, 9.17) is 5.26 Å². The molecule has 2 aromatic rings. The summed E-state index contributed by atoms with van der Waals surface area (Å²) >= 11 is 0. The Morgan fingerprint density at radius 1 is 1.18 bits per heavy atom. The zero-order valence-corrected chi connectivity index (χ0v) is 21.7. The van der Waals surface area contributed by atoms with E-state index in [9.17, 15) is 35.6 Å². The van der Waals surface area contributed by atoms with E-state index in [1.54, 1.807) is 6.92 Å². The molecule has 8 nitrogen and oxygen atoms in total. The van der Waals surface area contributed by atoms with Crippen molar-refractivity contribution in [2.75, 3.05) is 19.6 Å². The van der Waals surface area contributed by atoms with Gasteiger partial charge in [-0.2, -0.15) is 22.7 Å². The van der Waals surface area contributed by atoms with Crippen LogP contribution in [0.15, 0.2) is 47.4 Å². The summed E-state index contributed by atoms with van der Waals surface area (Å²) in [5, 5.41) is 11.6. The van der Waals surface area contributed by atoms with Crippen LogP contribution in [0.5, 0.6) is 0 Å². The van der Waals surface area contributed by atoms with Crippen LogP contribution in [0.1, 0.15) is 53.7 Å². The quantitative estimate of drug-likeness (QED) is 0.512. The third-order valence-corrected chi connectivity index (χ3v) is 8.82. The van der Waals surface area contributed by atoms with Crippen molar-refractivity contribution in [1.29, 1.82) is 5.26 Å². The van der Waals surface area contributed by atoms with E-state index >= 15 is 0 Å². The Labute approximate surface area is 223 Å². The topological polar surface area (TPSA) is 111 Å². The third kappa shape index (κ3) is 5.77. The number of benzene rings is 2. The molecule has 2 aliphatic heterocycles. The van der Waals surface area contributed by atoms with Crippen LogP contribution in [0, 0.1) is 23.1 Å². The van der Waals surface area contributed by atoms with Gasteiger partial charge in [0.05, 0.1) is 28.5 Å². The molecule has 2 fully saturated rings. The lowest BCUT2D eigenvalue weighted by molar-refractivity contribution is -0.137. The van der Waals surface area contributed by atoms with Gasteiger partial charge < -0.3 is 10.2 Å². The van der Waals surface area contributed by atoms with Crippen molar-refractivity contribution < 1.29 is 35.6 Å². The number of hydrogen-bond acceptors (Lipinski definition) is 5. The molecule has 13 heteroatoms. The molecule has 2 saturated heterocycles. The van der Waals surface area contributed by atoms with E-state index in [1.807, 2.05) is 6.07 Å². The first-order valence-electron chi connectivity index (χ1n) is 12.3. The first kappa shape index (κ1) is 28.5. The predicted molar refractivity (Wildman–Crippen MR) is 131 cm³/mol. The van der Waals surface area contributed by atoms with Crippen LogP contribution in [0.4, 0.5) is 17.6 Å². The number of halogens is 4. The summed E-state index contributed by atoms with van der Waals surface area (Å²) in [4.78, 5) is 27.7. The molecule has 0 aromatic heterocycles. The molecule has 2 heterocycles. The monoisotopic (exact) mass is 566 g/mol. The number of nitriles is 1. The van der Waals surface area contributed by atoms with Gasteiger partial charge in [0, 0.05) is 30.8 Å². The second-order valence-corrected chi connectivity index (χ2v) is 11.5. The molecule has 0 spiro atoms. The Balaban J connectivity index is 1.49. The maximum atomic E-state index is 14.5. The first-order chi connectivity index (χ1) is 18.4. The maximum Gasteiger partial charge on any atom is 0.416 e. The number of amides is 2. The fraction of sp³-hybridized carbons (Fsp3) is 0.423. The molecule has 2 aromatic carbocycles. The second kappa shape index (κ2) is 10.9. The average Bonchev–Trinajstić information content (AvgIpc) is 3.36. The highest BCUT2D eigenvalue weighted by molar-refractivity contribution is 7.89. The number of sulfonamides is 1. The number of nitrogens with zero attached hydrogens (tertiary/aromatic N) is 3. The maximum absolute atomic E-state index is 14.5. The van der Waals surface area contributed by atoms with Gasteiger partial charge in [0.2, 0.25) is 15.9 Å². The Bertz CT molecular complexity index is 1420. The van der Waals surface area contributed by atoms with Gasteiger partial charge in [-0.05, 0) is 49.6 Å². The molecule has 2 atom stereocenters. The van der Waals surface area contributed by atoms with Gasteiger partial charge in [-0.15, -0.1) is 0 Å². The highest BCUT2D eigenvalue weighted by Crippen LogP contribution is 2.32. The van der Waals surface area contributed by atoms with E-state index in [0.29, 0.717) is 18.9 Å². The molecule has 0 unspecified atom stereocenters. The molecule has 1 N–H and O–H groups in total. The SMILES string of the molecule is CC[C@H](NC(=O)[C@H]1CCCN1C(=O)c1cccc(S(=O)(=O)N2CC(C#N)C2)c1)c1ccc(C(F)(F)F)cc1F. The van der Waals surface area contributed by atoms with Crippen LogP contribution in [-0.4, -0.2) is 55.1 Å². The highest BCUT2D eigenvalue weighted by Gasteiger charge is 2.39. The lowest BCUT2D eigenvalue weighted by atomic mass is 10.0. The van der Waals surface area contributed by atoms with Gasteiger partial charge >= 0.3 is 6.18 Å². The van der Waals surface area contributed by atoms with E-state index in [2.05, 4.69) is 5.32 Å². The molecule has 0 bridgehead atoms. The summed E-state index contributed by atoms with van der Waals surface area (Å²) in [5.74, 6) is -2.62. The van der Waals surface area contributed by atoms with Gasteiger partial charge in [-0.25, -0.2) is 12.8 Å². The summed E-state index contributed by atoms with van der Waals surface area (Å²) in [6, 6.07) is 7.75. The second-order valence-electron chi connectivity index (χ2n) is 9.54. The number of likely N-dealkylation sites (tertiary alicyclic amines) is 1. The summed E-state index contributed by atoms with van der Waals surface area (Å²) in [7, 11) is -3.89. The largest absolute Gasteiger partial charge is 0.416 e. The first-order valence-corrected chi connectivity index (χ1v) is 13.8. The van der Waals surface area contributed by atoms with Gasteiger partial charge in [-0.3, -0.25) is 9.59 Å². The fourth-order valence-corrected chi connectivity index (χ4v) is 6.33. The zero-order valence-electron chi connectivity index (χ0n) is 20.9. The van der Waals surface area contributed by atoms with E-state index in [1.165, 1.54) is 29.2 Å². The van der Waals surface area contributed by atoms with Crippen LogP contribution >= 0.6 is 0 Å². The Morgan fingerprint density at radius 2 is 1.90 bits per heavy atom. The van der Waals surface area contributed by atoms with Crippen LogP contribution in [-0.2, 0) is 21.0 Å². The van der Waals surface area contributed by atoms with Crippen LogP contribution in [0.2, 0.25) is 0 Å². The lowest BCUT2D eigenvalue weighted by Gasteiger charge is -2.34. The average molecular weight is 567 g/mol. The summed E-state index contributed by atoms with van der Waals surface area (Å²) < 4.78 is 80.2. The minimum atomic E-state index is -4.71. The highest BCUT2D eigenvalue weighted by atomic mass is 32.2. The van der Waals surface area contributed by atoms with E-state index in [0.717, 1.165) is 16.4 Å². The molecule has 0 saturated carbocycles. The van der Waals surface area contributed by atoms with Crippen molar-refractivity contribution >= 4 is 21.8 Å². The molecule has 0 radical (unpaired) electrons. The standard InChI is InChI=1S/C26H26F4N4O4S/c1-2-22(20-9-8-18(12-21(20)27)26(28,29)30)32-24(35)23-7-4-10-34(23)25(36)17-5-3-6-19(11-17)39(37,38)33-14-16(13-31)15-33/h3,5-6,8-9,11-12,16,22-23H,2,4,7,10,14-15H2,1H3,(H,32,35)/t22-,23+/m0/s1. The minimum Gasteiger partial charge on any atom is -0.347 e. The Kier molecular flexibility index (Phi) is 7.99. The lowest BCUT2D eigenvalue weighted by Crippen LogP contribution is -2.49. The summed E-state index contributed by atoms with van der Waals surface area (Å²) in [6.07, 6.45) is -3.71. The van der Waals surface area contributed by atoms with Crippen molar-refractivity contribution in [3.63, 3.8) is 0 Å². The molecule has 0 aliphatic carbocycles. The number of rotatable bonds is 7. The van der Waals surface area contributed by atoms with Crippen LogP contribution in [0.3, 0.4) is 0 Å². The summed E-state index contributed by atoms with van der Waals surface area (Å²) in [6.45, 7) is 2.02. The molecular weight excluding hydrogens is 540 g/mol. The third-order valence-electron chi connectivity index (χ3n) is 6.99. The van der Waals surface area contributed by atoms with Crippen molar-refractivity contribution in [1.82, 2.24) is 14.5 Å². The normalized spacial score (nSPS) is 19.3. The number of alkyl halides is 3. The van der Waals surface area contributed by atoms with Gasteiger partial charge in [0.25, 0.3) is 5.91 Å². The van der Waals surface area contributed by atoms with Crippen LogP contribution < -0.4 is 5.32 Å². The predicted octanol–water partition coefficient (Wildman–Crippen LogP) is 3.86. The van der Waals surface area contributed by atoms with E-state index < -0.39 is 51.5 Å². The van der Waals surface area contributed by atoms with Crippen molar-refractivity contribution in [2.45, 2.75) is 49.3 Å². The smallest absolute Gasteiger partial charge is 0.347 e.